The molecule has 4 rings (SSSR count). The van der Waals surface area contributed by atoms with E-state index in [1.54, 1.807) is 36.4 Å². The van der Waals surface area contributed by atoms with Crippen molar-refractivity contribution in [3.8, 4) is 0 Å². The Morgan fingerprint density at radius 2 is 1.51 bits per heavy atom. The zero-order valence-electron chi connectivity index (χ0n) is 19.5. The molecule has 1 heterocycles. The lowest BCUT2D eigenvalue weighted by molar-refractivity contribution is -0.120. The minimum atomic E-state index is -0.406. The number of carbonyl (C=O) groups excluding carboxylic acids is 1. The van der Waals surface area contributed by atoms with Crippen molar-refractivity contribution in [3.63, 3.8) is 0 Å². The van der Waals surface area contributed by atoms with Crippen molar-refractivity contribution in [1.29, 1.82) is 0 Å². The predicted octanol–water partition coefficient (Wildman–Crippen LogP) is 5.99. The van der Waals surface area contributed by atoms with Crippen molar-refractivity contribution in [1.82, 2.24) is 9.80 Å². The smallest absolute Gasteiger partial charge is 0.238 e. The van der Waals surface area contributed by atoms with Crippen LogP contribution in [0, 0.1) is 17.5 Å². The highest BCUT2D eigenvalue weighted by Gasteiger charge is 2.44. The number of piperazine rings is 1. The molecule has 0 spiro atoms. The molecule has 1 N–H and O–H groups in total. The molecule has 1 unspecified atom stereocenters. The third kappa shape index (κ3) is 5.87. The van der Waals surface area contributed by atoms with Gasteiger partial charge < -0.3 is 5.32 Å². The molecule has 1 atom stereocenters. The fourth-order valence-electron chi connectivity index (χ4n) is 4.54. The number of alkyl halides is 1. The Morgan fingerprint density at radius 3 is 2.06 bits per heavy atom. The molecule has 184 valence electrons. The molecule has 1 saturated heterocycles. The normalized spacial score (nSPS) is 18.5. The second-order valence-electron chi connectivity index (χ2n) is 9.21. The largest absolute Gasteiger partial charge is 0.325 e. The van der Waals surface area contributed by atoms with E-state index in [2.05, 4.69) is 51.6 Å². The zero-order valence-corrected chi connectivity index (χ0v) is 21.7. The number of rotatable bonds is 6. The van der Waals surface area contributed by atoms with Gasteiger partial charge in [-0.15, -0.1) is 0 Å². The van der Waals surface area contributed by atoms with Crippen molar-refractivity contribution >= 4 is 34.2 Å². The van der Waals surface area contributed by atoms with E-state index in [9.17, 15) is 18.0 Å². The number of nitrogens with one attached hydrogen (secondary N) is 1. The Labute approximate surface area is 217 Å². The van der Waals surface area contributed by atoms with Gasteiger partial charge in [0, 0.05) is 24.3 Å². The van der Waals surface area contributed by atoms with Crippen LogP contribution >= 0.6 is 22.6 Å². The highest BCUT2D eigenvalue weighted by atomic mass is 127. The Morgan fingerprint density at radius 1 is 0.943 bits per heavy atom. The molecule has 4 nitrogen and oxygen atoms in total. The highest BCUT2D eigenvalue weighted by molar-refractivity contribution is 14.1. The van der Waals surface area contributed by atoms with Gasteiger partial charge >= 0.3 is 0 Å². The molecule has 1 fully saturated rings. The SMILES string of the molecule is CC1(C)C(I)N(C(c2ccc(F)cc2)c2ccc(F)cc2)CCN1CC(=O)Nc1cccc(F)c1. The van der Waals surface area contributed by atoms with Crippen LogP contribution in [-0.4, -0.2) is 44.9 Å². The van der Waals surface area contributed by atoms with E-state index in [0.717, 1.165) is 11.1 Å². The molecule has 0 aromatic heterocycles. The Kier molecular flexibility index (Phi) is 7.83. The summed E-state index contributed by atoms with van der Waals surface area (Å²) in [5.41, 5.74) is 1.84. The second kappa shape index (κ2) is 10.7. The third-order valence-corrected chi connectivity index (χ3v) is 8.70. The molecule has 35 heavy (non-hydrogen) atoms. The maximum atomic E-state index is 13.7. The molecule has 1 aliphatic heterocycles. The van der Waals surface area contributed by atoms with Crippen molar-refractivity contribution in [2.75, 3.05) is 25.0 Å². The zero-order chi connectivity index (χ0) is 25.2. The number of halogens is 4. The minimum absolute atomic E-state index is 0.0316. The van der Waals surface area contributed by atoms with Gasteiger partial charge in [0.15, 0.2) is 0 Å². The van der Waals surface area contributed by atoms with Crippen LogP contribution in [0.2, 0.25) is 0 Å². The van der Waals surface area contributed by atoms with Crippen LogP contribution in [0.15, 0.2) is 72.8 Å². The fourth-order valence-corrected chi connectivity index (χ4v) is 5.54. The van der Waals surface area contributed by atoms with Gasteiger partial charge in [-0.05, 0) is 67.4 Å². The first-order chi connectivity index (χ1) is 16.6. The van der Waals surface area contributed by atoms with E-state index in [1.807, 2.05) is 0 Å². The number of nitrogens with zero attached hydrogens (tertiary/aromatic N) is 2. The number of hydrogen-bond acceptors (Lipinski definition) is 3. The van der Waals surface area contributed by atoms with Gasteiger partial charge in [0.25, 0.3) is 0 Å². The Bertz CT molecular complexity index is 1130. The van der Waals surface area contributed by atoms with Crippen LogP contribution in [0.5, 0.6) is 0 Å². The fraction of sp³-hybridized carbons (Fsp3) is 0.296. The van der Waals surface area contributed by atoms with Crippen LogP contribution in [0.25, 0.3) is 0 Å². The summed E-state index contributed by atoms with van der Waals surface area (Å²) < 4.78 is 40.8. The first-order valence-electron chi connectivity index (χ1n) is 11.4. The second-order valence-corrected chi connectivity index (χ2v) is 10.4. The average Bonchev–Trinajstić information content (AvgIpc) is 2.81. The van der Waals surface area contributed by atoms with E-state index in [4.69, 9.17) is 0 Å². The van der Waals surface area contributed by atoms with Crippen LogP contribution in [-0.2, 0) is 4.79 Å². The topological polar surface area (TPSA) is 35.6 Å². The summed E-state index contributed by atoms with van der Waals surface area (Å²) >= 11 is 2.39. The molecule has 1 aliphatic rings. The van der Waals surface area contributed by atoms with Crippen LogP contribution in [0.3, 0.4) is 0 Å². The summed E-state index contributed by atoms with van der Waals surface area (Å²) in [5.74, 6) is -1.25. The molecule has 0 aliphatic carbocycles. The third-order valence-electron chi connectivity index (χ3n) is 6.46. The quantitative estimate of drug-likeness (QED) is 0.217. The van der Waals surface area contributed by atoms with Crippen LogP contribution in [0.4, 0.5) is 18.9 Å². The van der Waals surface area contributed by atoms with E-state index in [1.165, 1.54) is 36.4 Å². The van der Waals surface area contributed by atoms with Gasteiger partial charge in [0.1, 0.15) is 17.5 Å². The first kappa shape index (κ1) is 25.7. The summed E-state index contributed by atoms with van der Waals surface area (Å²) in [5, 5.41) is 2.77. The van der Waals surface area contributed by atoms with Crippen molar-refractivity contribution in [2.45, 2.75) is 29.5 Å². The van der Waals surface area contributed by atoms with Crippen molar-refractivity contribution in [3.05, 3.63) is 101 Å². The molecule has 0 bridgehead atoms. The summed E-state index contributed by atoms with van der Waals surface area (Å²) in [7, 11) is 0. The number of benzene rings is 3. The summed E-state index contributed by atoms with van der Waals surface area (Å²) in [6.07, 6.45) is 0. The standard InChI is InChI=1S/C27H27F3IN3O/c1-27(2)26(31)34(15-14-33(27)17-24(35)32-23-5-3-4-22(30)16-23)25(18-6-10-20(28)11-7-18)19-8-12-21(29)13-9-19/h3-13,16,25-26H,14-15,17H2,1-2H3,(H,32,35). The van der Waals surface area contributed by atoms with Crippen molar-refractivity contribution in [2.24, 2.45) is 0 Å². The van der Waals surface area contributed by atoms with Crippen LogP contribution < -0.4 is 5.32 Å². The summed E-state index contributed by atoms with van der Waals surface area (Å²) in [6.45, 7) is 5.58. The molecular formula is C27H27F3IN3O. The molecular weight excluding hydrogens is 566 g/mol. The molecule has 8 heteroatoms. The lowest BCUT2D eigenvalue weighted by Crippen LogP contribution is -2.64. The van der Waals surface area contributed by atoms with E-state index in [-0.39, 0.29) is 34.2 Å². The molecule has 3 aromatic carbocycles. The average molecular weight is 593 g/mol. The number of carbonyl (C=O) groups is 1. The molecule has 1 amide bonds. The minimum Gasteiger partial charge on any atom is -0.325 e. The summed E-state index contributed by atoms with van der Waals surface area (Å²) in [4.78, 5) is 17.2. The maximum absolute atomic E-state index is 13.7. The number of hydrogen-bond donors (Lipinski definition) is 1. The predicted molar refractivity (Wildman–Crippen MR) is 140 cm³/mol. The lowest BCUT2D eigenvalue weighted by atomic mass is 9.91. The van der Waals surface area contributed by atoms with E-state index < -0.39 is 11.4 Å². The Balaban J connectivity index is 1.56. The summed E-state index contributed by atoms with van der Waals surface area (Å²) in [6, 6.07) is 18.4. The lowest BCUT2D eigenvalue weighted by Gasteiger charge is -2.53. The first-order valence-corrected chi connectivity index (χ1v) is 12.6. The van der Waals surface area contributed by atoms with Gasteiger partial charge in [0.05, 0.1) is 16.6 Å². The highest BCUT2D eigenvalue weighted by Crippen LogP contribution is 2.40. The van der Waals surface area contributed by atoms with Gasteiger partial charge in [-0.25, -0.2) is 13.2 Å². The number of amides is 1. The van der Waals surface area contributed by atoms with Gasteiger partial charge in [-0.2, -0.15) is 0 Å². The van der Waals surface area contributed by atoms with Crippen LogP contribution in [0.1, 0.15) is 31.0 Å². The van der Waals surface area contributed by atoms with Gasteiger partial charge in [-0.1, -0.05) is 52.9 Å². The monoisotopic (exact) mass is 593 g/mol. The molecule has 0 radical (unpaired) electrons. The van der Waals surface area contributed by atoms with E-state index in [0.29, 0.717) is 18.8 Å². The van der Waals surface area contributed by atoms with Gasteiger partial charge in [-0.3, -0.25) is 14.6 Å². The van der Waals surface area contributed by atoms with Crippen molar-refractivity contribution < 1.29 is 18.0 Å². The maximum Gasteiger partial charge on any atom is 0.238 e. The Hall–Kier alpha value is -2.43. The molecule has 0 saturated carbocycles. The van der Waals surface area contributed by atoms with E-state index >= 15 is 0 Å². The number of anilines is 1. The molecule has 3 aromatic rings. The van der Waals surface area contributed by atoms with Gasteiger partial charge in [0.2, 0.25) is 5.91 Å².